The summed E-state index contributed by atoms with van der Waals surface area (Å²) in [6, 6.07) is 11.5. The molecule has 0 radical (unpaired) electrons. The maximum Gasteiger partial charge on any atom is 0.165 e. The number of carbonyl (C=O) groups excluding carboxylic acids is 1. The van der Waals surface area contributed by atoms with Crippen molar-refractivity contribution < 1.29 is 4.79 Å². The Hall–Kier alpha value is -1.83. The number of carbonyl (C=O) groups is 1. The maximum atomic E-state index is 12.3. The van der Waals surface area contributed by atoms with Crippen LogP contribution in [0.1, 0.15) is 47.4 Å². The van der Waals surface area contributed by atoms with Crippen LogP contribution in [0.15, 0.2) is 35.4 Å². The first-order valence-electron chi connectivity index (χ1n) is 7.73. The van der Waals surface area contributed by atoms with Gasteiger partial charge in [0.05, 0.1) is 11.3 Å². The lowest BCUT2D eigenvalue weighted by Gasteiger charge is -2.29. The van der Waals surface area contributed by atoms with Crippen molar-refractivity contribution in [1.29, 1.82) is 5.26 Å². The van der Waals surface area contributed by atoms with Crippen molar-refractivity contribution >= 4 is 29.1 Å². The van der Waals surface area contributed by atoms with Gasteiger partial charge in [0, 0.05) is 22.8 Å². The Kier molecular flexibility index (Phi) is 4.67. The molecule has 3 rings (SSSR count). The van der Waals surface area contributed by atoms with E-state index in [1.807, 2.05) is 24.3 Å². The van der Waals surface area contributed by atoms with Crippen molar-refractivity contribution in [1.82, 2.24) is 4.98 Å². The number of benzene rings is 1. The Morgan fingerprint density at radius 3 is 2.79 bits per heavy atom. The van der Waals surface area contributed by atoms with E-state index in [-0.39, 0.29) is 11.2 Å². The topological polar surface area (TPSA) is 53.8 Å². The van der Waals surface area contributed by atoms with Gasteiger partial charge in [-0.05, 0) is 29.5 Å². The van der Waals surface area contributed by atoms with Gasteiger partial charge in [-0.15, -0.1) is 11.8 Å². The average molecular weight is 357 g/mol. The highest BCUT2D eigenvalue weighted by Gasteiger charge is 2.32. The molecule has 1 aliphatic carbocycles. The first kappa shape index (κ1) is 17.0. The van der Waals surface area contributed by atoms with Crippen LogP contribution in [-0.2, 0) is 12.2 Å². The zero-order valence-corrected chi connectivity index (χ0v) is 15.2. The molecule has 0 saturated carbocycles. The van der Waals surface area contributed by atoms with Gasteiger partial charge in [0.1, 0.15) is 11.1 Å². The number of Topliss-reactive ketones (excluding diaryl/α,β-unsaturated/α-hetero) is 1. The minimum Gasteiger partial charge on any atom is -0.294 e. The zero-order valence-electron chi connectivity index (χ0n) is 13.6. The van der Waals surface area contributed by atoms with Crippen LogP contribution in [0.2, 0.25) is 5.02 Å². The SMILES string of the molecule is CC1(C)CC(=O)c2cc(C#N)c(SCc3ccccc3Cl)nc2C1. The van der Waals surface area contributed by atoms with Gasteiger partial charge in [-0.1, -0.05) is 43.6 Å². The van der Waals surface area contributed by atoms with Gasteiger partial charge in [0.25, 0.3) is 0 Å². The Bertz CT molecular complexity index is 855. The molecule has 0 bridgehead atoms. The fourth-order valence-corrected chi connectivity index (χ4v) is 4.17. The van der Waals surface area contributed by atoms with Crippen LogP contribution in [0.25, 0.3) is 0 Å². The number of fused-ring (bicyclic) bond motifs is 1. The fraction of sp³-hybridized carbons (Fsp3) is 0.316. The third-order valence-electron chi connectivity index (χ3n) is 4.09. The Morgan fingerprint density at radius 1 is 1.33 bits per heavy atom. The number of halogens is 1. The van der Waals surface area contributed by atoms with E-state index >= 15 is 0 Å². The molecule has 2 aromatic rings. The predicted octanol–water partition coefficient (Wildman–Crippen LogP) is 5.05. The minimum absolute atomic E-state index is 0.0768. The second-order valence-corrected chi connectivity index (χ2v) is 8.14. The number of nitriles is 1. The summed E-state index contributed by atoms with van der Waals surface area (Å²) in [5.41, 5.74) is 2.78. The molecule has 1 aromatic carbocycles. The lowest BCUT2D eigenvalue weighted by molar-refractivity contribution is 0.0910. The van der Waals surface area contributed by atoms with Crippen molar-refractivity contribution in [2.45, 2.75) is 37.5 Å². The standard InChI is InChI=1S/C19H17ClN2OS/c1-19(2)8-16-14(17(23)9-19)7-13(10-21)18(22-16)24-11-12-5-3-4-6-15(12)20/h3-7H,8-9,11H2,1-2H3. The van der Waals surface area contributed by atoms with E-state index in [1.54, 1.807) is 6.07 Å². The molecule has 5 heteroatoms. The Balaban J connectivity index is 1.93. The number of aromatic nitrogens is 1. The van der Waals surface area contributed by atoms with Crippen LogP contribution < -0.4 is 0 Å². The van der Waals surface area contributed by atoms with Crippen molar-refractivity contribution in [2.24, 2.45) is 5.41 Å². The molecule has 0 amide bonds. The molecule has 24 heavy (non-hydrogen) atoms. The normalized spacial score (nSPS) is 15.7. The van der Waals surface area contributed by atoms with Crippen molar-refractivity contribution in [3.8, 4) is 6.07 Å². The average Bonchev–Trinajstić information content (AvgIpc) is 2.52. The van der Waals surface area contributed by atoms with Crippen LogP contribution in [-0.4, -0.2) is 10.8 Å². The molecule has 122 valence electrons. The molecule has 1 heterocycles. The summed E-state index contributed by atoms with van der Waals surface area (Å²) in [5.74, 6) is 0.713. The highest BCUT2D eigenvalue weighted by Crippen LogP contribution is 2.36. The smallest absolute Gasteiger partial charge is 0.165 e. The van der Waals surface area contributed by atoms with Gasteiger partial charge in [-0.3, -0.25) is 4.79 Å². The van der Waals surface area contributed by atoms with Crippen molar-refractivity contribution in [2.75, 3.05) is 0 Å². The highest BCUT2D eigenvalue weighted by molar-refractivity contribution is 7.98. The van der Waals surface area contributed by atoms with Crippen LogP contribution in [0.3, 0.4) is 0 Å². The molecular weight excluding hydrogens is 340 g/mol. The second-order valence-electron chi connectivity index (χ2n) is 6.77. The number of hydrogen-bond donors (Lipinski definition) is 0. The maximum absolute atomic E-state index is 12.3. The lowest BCUT2D eigenvalue weighted by Crippen LogP contribution is -2.28. The van der Waals surface area contributed by atoms with E-state index in [1.165, 1.54) is 11.8 Å². The first-order chi connectivity index (χ1) is 11.4. The third kappa shape index (κ3) is 3.48. The summed E-state index contributed by atoms with van der Waals surface area (Å²) in [6.07, 6.45) is 1.25. The van der Waals surface area contributed by atoms with Gasteiger partial charge in [-0.25, -0.2) is 4.98 Å². The van der Waals surface area contributed by atoms with E-state index in [2.05, 4.69) is 24.9 Å². The highest BCUT2D eigenvalue weighted by atomic mass is 35.5. The fourth-order valence-electron chi connectivity index (χ4n) is 2.91. The first-order valence-corrected chi connectivity index (χ1v) is 9.09. The summed E-state index contributed by atoms with van der Waals surface area (Å²) in [5, 5.41) is 10.8. The Morgan fingerprint density at radius 2 is 2.08 bits per heavy atom. The summed E-state index contributed by atoms with van der Waals surface area (Å²) in [7, 11) is 0. The van der Waals surface area contributed by atoms with E-state index in [9.17, 15) is 10.1 Å². The minimum atomic E-state index is -0.0874. The van der Waals surface area contributed by atoms with E-state index in [0.717, 1.165) is 17.7 Å². The van der Waals surface area contributed by atoms with Gasteiger partial charge >= 0.3 is 0 Å². The van der Waals surface area contributed by atoms with E-state index < -0.39 is 0 Å². The molecule has 1 aliphatic rings. The molecule has 0 spiro atoms. The molecule has 0 atom stereocenters. The molecule has 0 N–H and O–H groups in total. The number of thioether (sulfide) groups is 1. The zero-order chi connectivity index (χ0) is 17.3. The third-order valence-corrected chi connectivity index (χ3v) is 5.50. The van der Waals surface area contributed by atoms with Gasteiger partial charge < -0.3 is 0 Å². The molecular formula is C19H17ClN2OS. The number of nitrogens with zero attached hydrogens (tertiary/aromatic N) is 2. The Labute approximate surface area is 151 Å². The number of hydrogen-bond acceptors (Lipinski definition) is 4. The van der Waals surface area contributed by atoms with Crippen LogP contribution in [0.5, 0.6) is 0 Å². The number of rotatable bonds is 3. The van der Waals surface area contributed by atoms with Gasteiger partial charge in [0.15, 0.2) is 5.78 Å². The van der Waals surface area contributed by atoms with Crippen LogP contribution in [0, 0.1) is 16.7 Å². The second kappa shape index (κ2) is 6.58. The molecule has 1 aromatic heterocycles. The molecule has 0 fully saturated rings. The molecule has 0 aliphatic heterocycles. The van der Waals surface area contributed by atoms with Gasteiger partial charge in [-0.2, -0.15) is 5.26 Å². The quantitative estimate of drug-likeness (QED) is 0.722. The van der Waals surface area contributed by atoms with Gasteiger partial charge in [0.2, 0.25) is 0 Å². The van der Waals surface area contributed by atoms with Crippen molar-refractivity contribution in [3.05, 3.63) is 57.7 Å². The predicted molar refractivity (Wildman–Crippen MR) is 96.4 cm³/mol. The molecule has 3 nitrogen and oxygen atoms in total. The summed E-state index contributed by atoms with van der Waals surface area (Å²) < 4.78 is 0. The molecule has 0 saturated heterocycles. The summed E-state index contributed by atoms with van der Waals surface area (Å²) >= 11 is 7.68. The van der Waals surface area contributed by atoms with Crippen LogP contribution in [0.4, 0.5) is 0 Å². The lowest BCUT2D eigenvalue weighted by atomic mass is 9.75. The number of ketones is 1. The van der Waals surface area contributed by atoms with Crippen molar-refractivity contribution in [3.63, 3.8) is 0 Å². The summed E-state index contributed by atoms with van der Waals surface area (Å²) in [4.78, 5) is 17.0. The van der Waals surface area contributed by atoms with Crippen LogP contribution >= 0.6 is 23.4 Å². The summed E-state index contributed by atoms with van der Waals surface area (Å²) in [6.45, 7) is 4.15. The number of pyridine rings is 1. The molecule has 0 unspecified atom stereocenters. The van der Waals surface area contributed by atoms with E-state index in [0.29, 0.717) is 33.3 Å². The largest absolute Gasteiger partial charge is 0.294 e. The van der Waals surface area contributed by atoms with E-state index in [4.69, 9.17) is 11.6 Å². The monoisotopic (exact) mass is 356 g/mol.